The number of alkyl halides is 2. The maximum absolute atomic E-state index is 12.6. The highest BCUT2D eigenvalue weighted by Crippen LogP contribution is 2.27. The number of hydrogen-bond donors (Lipinski definition) is 1. The number of rotatable bonds is 5. The van der Waals surface area contributed by atoms with E-state index in [-0.39, 0.29) is 16.9 Å². The van der Waals surface area contributed by atoms with Crippen molar-refractivity contribution in [2.24, 2.45) is 0 Å². The average molecular weight is 442 g/mol. The first kappa shape index (κ1) is 21.1. The van der Waals surface area contributed by atoms with Crippen LogP contribution in [-0.2, 0) is 14.6 Å². The molecule has 3 rings (SSSR count). The van der Waals surface area contributed by atoms with E-state index in [2.05, 4.69) is 9.97 Å². The van der Waals surface area contributed by atoms with Gasteiger partial charge in [0, 0.05) is 4.88 Å². The molecule has 2 aromatic heterocycles. The standard InChI is InChI=1S/C18H16F2N2O5S2/c1-8-10(3)28-16-13(8)15(23)21-14(22-16)9(2)27-17(24)11-4-6-12(7-5-11)29(25,26)18(19)20/h4-7,9,18H,1-3H3,(H,21,22,23)/t9-/m0/s1. The molecule has 0 fully saturated rings. The molecule has 1 atom stereocenters. The number of aromatic amines is 1. The van der Waals surface area contributed by atoms with E-state index >= 15 is 0 Å². The van der Waals surface area contributed by atoms with Crippen LogP contribution in [0.4, 0.5) is 8.78 Å². The number of hydrogen-bond acceptors (Lipinski definition) is 7. The maximum Gasteiger partial charge on any atom is 0.341 e. The van der Waals surface area contributed by atoms with Crippen LogP contribution in [0.3, 0.4) is 0 Å². The molecule has 0 aliphatic heterocycles. The van der Waals surface area contributed by atoms with Crippen LogP contribution in [0.2, 0.25) is 0 Å². The van der Waals surface area contributed by atoms with Crippen molar-refractivity contribution in [2.45, 2.75) is 37.5 Å². The van der Waals surface area contributed by atoms with Crippen molar-refractivity contribution in [1.29, 1.82) is 0 Å². The number of aryl methyl sites for hydroxylation is 2. The second-order valence-corrected chi connectivity index (χ2v) is 9.41. The molecule has 154 valence electrons. The Balaban J connectivity index is 1.82. The Labute approximate surface area is 168 Å². The third-order valence-electron chi connectivity index (χ3n) is 4.38. The van der Waals surface area contributed by atoms with Crippen LogP contribution in [-0.4, -0.2) is 30.1 Å². The van der Waals surface area contributed by atoms with E-state index < -0.39 is 32.6 Å². The molecular weight excluding hydrogens is 426 g/mol. The number of H-pyrrole nitrogens is 1. The van der Waals surface area contributed by atoms with Crippen molar-refractivity contribution in [3.05, 3.63) is 56.4 Å². The van der Waals surface area contributed by atoms with E-state index in [4.69, 9.17) is 4.74 Å². The summed E-state index contributed by atoms with van der Waals surface area (Å²) in [7, 11) is -4.75. The lowest BCUT2D eigenvalue weighted by atomic mass is 10.2. The minimum Gasteiger partial charge on any atom is -0.451 e. The topological polar surface area (TPSA) is 106 Å². The molecular formula is C18H16F2N2O5S2. The second-order valence-electron chi connectivity index (χ2n) is 6.29. The lowest BCUT2D eigenvalue weighted by molar-refractivity contribution is 0.0320. The Morgan fingerprint density at radius 1 is 1.21 bits per heavy atom. The van der Waals surface area contributed by atoms with Crippen LogP contribution in [0, 0.1) is 13.8 Å². The van der Waals surface area contributed by atoms with Crippen molar-refractivity contribution in [3.8, 4) is 0 Å². The number of carbonyl (C=O) groups is 1. The molecule has 0 amide bonds. The number of nitrogens with zero attached hydrogens (tertiary/aromatic N) is 1. The fraction of sp³-hybridized carbons (Fsp3) is 0.278. The molecule has 0 unspecified atom stereocenters. The predicted octanol–water partition coefficient (Wildman–Crippen LogP) is 3.52. The van der Waals surface area contributed by atoms with Gasteiger partial charge < -0.3 is 9.72 Å². The van der Waals surface area contributed by atoms with E-state index in [1.807, 2.05) is 13.8 Å². The molecule has 0 aliphatic rings. The summed E-state index contributed by atoms with van der Waals surface area (Å²) in [4.78, 5) is 32.5. The van der Waals surface area contributed by atoms with Gasteiger partial charge in [0.2, 0.25) is 9.84 Å². The summed E-state index contributed by atoms with van der Waals surface area (Å²) < 4.78 is 53.3. The van der Waals surface area contributed by atoms with E-state index in [1.165, 1.54) is 18.3 Å². The highest BCUT2D eigenvalue weighted by atomic mass is 32.2. The summed E-state index contributed by atoms with van der Waals surface area (Å²) in [6.45, 7) is 5.22. The summed E-state index contributed by atoms with van der Waals surface area (Å²) in [5.74, 6) is -4.21. The quantitative estimate of drug-likeness (QED) is 0.606. The molecule has 0 radical (unpaired) electrons. The van der Waals surface area contributed by atoms with Crippen molar-refractivity contribution in [1.82, 2.24) is 9.97 Å². The summed E-state index contributed by atoms with van der Waals surface area (Å²) in [6.07, 6.45) is -0.896. The highest BCUT2D eigenvalue weighted by molar-refractivity contribution is 7.91. The van der Waals surface area contributed by atoms with Gasteiger partial charge in [-0.1, -0.05) is 0 Å². The van der Waals surface area contributed by atoms with Gasteiger partial charge >= 0.3 is 11.7 Å². The zero-order chi connectivity index (χ0) is 21.5. The molecule has 2 heterocycles. The van der Waals surface area contributed by atoms with Crippen LogP contribution in [0.5, 0.6) is 0 Å². The summed E-state index contributed by atoms with van der Waals surface area (Å²) >= 11 is 1.36. The van der Waals surface area contributed by atoms with Crippen molar-refractivity contribution >= 4 is 37.4 Å². The number of halogens is 2. The van der Waals surface area contributed by atoms with Crippen molar-refractivity contribution in [2.75, 3.05) is 0 Å². The van der Waals surface area contributed by atoms with Gasteiger partial charge in [-0.3, -0.25) is 4.79 Å². The minimum absolute atomic E-state index is 0.0312. The maximum atomic E-state index is 12.6. The number of benzene rings is 1. The number of fused-ring (bicyclic) bond motifs is 1. The third-order valence-corrected chi connectivity index (χ3v) is 6.88. The molecule has 29 heavy (non-hydrogen) atoms. The monoisotopic (exact) mass is 442 g/mol. The third kappa shape index (κ3) is 3.92. The Hall–Kier alpha value is -2.66. The van der Waals surface area contributed by atoms with Crippen LogP contribution in [0.1, 0.15) is 39.7 Å². The molecule has 1 aromatic carbocycles. The Kier molecular flexibility index (Phi) is 5.54. The molecule has 11 heteroatoms. The number of ether oxygens (including phenoxy) is 1. The predicted molar refractivity (Wildman–Crippen MR) is 103 cm³/mol. The molecule has 0 spiro atoms. The number of thiophene rings is 1. The van der Waals surface area contributed by atoms with Gasteiger partial charge in [0.25, 0.3) is 5.56 Å². The highest BCUT2D eigenvalue weighted by Gasteiger charge is 2.27. The Bertz CT molecular complexity index is 1250. The number of aromatic nitrogens is 2. The summed E-state index contributed by atoms with van der Waals surface area (Å²) in [5, 5.41) is 0.491. The molecule has 0 saturated heterocycles. The van der Waals surface area contributed by atoms with Crippen LogP contribution < -0.4 is 5.56 Å². The Morgan fingerprint density at radius 2 is 1.83 bits per heavy atom. The van der Waals surface area contributed by atoms with Gasteiger partial charge in [-0.2, -0.15) is 8.78 Å². The first-order valence-electron chi connectivity index (χ1n) is 8.35. The van der Waals surface area contributed by atoms with Gasteiger partial charge in [0.15, 0.2) is 11.9 Å². The molecule has 0 aliphatic carbocycles. The van der Waals surface area contributed by atoms with Crippen LogP contribution in [0.15, 0.2) is 34.0 Å². The van der Waals surface area contributed by atoms with Crippen LogP contribution >= 0.6 is 11.3 Å². The lowest BCUT2D eigenvalue weighted by Crippen LogP contribution is -2.17. The zero-order valence-electron chi connectivity index (χ0n) is 15.5. The van der Waals surface area contributed by atoms with Crippen molar-refractivity contribution < 1.29 is 26.7 Å². The smallest absolute Gasteiger partial charge is 0.341 e. The van der Waals surface area contributed by atoms with Gasteiger partial charge in [-0.25, -0.2) is 18.2 Å². The molecule has 0 saturated carbocycles. The van der Waals surface area contributed by atoms with Gasteiger partial charge in [0.1, 0.15) is 4.83 Å². The number of nitrogens with one attached hydrogen (secondary N) is 1. The fourth-order valence-corrected chi connectivity index (χ4v) is 4.39. The largest absolute Gasteiger partial charge is 0.451 e. The minimum atomic E-state index is -4.75. The summed E-state index contributed by atoms with van der Waals surface area (Å²) in [6, 6.07) is 3.98. The van der Waals surface area contributed by atoms with Gasteiger partial charge in [0.05, 0.1) is 15.8 Å². The zero-order valence-corrected chi connectivity index (χ0v) is 17.2. The number of carbonyl (C=O) groups excluding carboxylic acids is 1. The van der Waals surface area contributed by atoms with Gasteiger partial charge in [-0.15, -0.1) is 11.3 Å². The van der Waals surface area contributed by atoms with E-state index in [9.17, 15) is 26.8 Å². The fourth-order valence-electron chi connectivity index (χ4n) is 2.63. The lowest BCUT2D eigenvalue weighted by Gasteiger charge is -2.13. The SMILES string of the molecule is Cc1sc2nc([C@H](C)OC(=O)c3ccc(S(=O)(=O)C(F)F)cc3)[nH]c(=O)c2c1C. The molecule has 1 N–H and O–H groups in total. The average Bonchev–Trinajstić information content (AvgIpc) is 2.95. The Morgan fingerprint density at radius 3 is 2.41 bits per heavy atom. The number of esters is 1. The van der Waals surface area contributed by atoms with Crippen LogP contribution in [0.25, 0.3) is 10.2 Å². The van der Waals surface area contributed by atoms with E-state index in [0.29, 0.717) is 10.2 Å². The molecule has 7 nitrogen and oxygen atoms in total. The molecule has 3 aromatic rings. The van der Waals surface area contributed by atoms with Crippen molar-refractivity contribution in [3.63, 3.8) is 0 Å². The van der Waals surface area contributed by atoms with Gasteiger partial charge in [-0.05, 0) is 50.6 Å². The second kappa shape index (κ2) is 7.64. The first-order valence-corrected chi connectivity index (χ1v) is 10.7. The number of sulfone groups is 1. The van der Waals surface area contributed by atoms with E-state index in [1.54, 1.807) is 0 Å². The normalized spacial score (nSPS) is 13.0. The first-order chi connectivity index (χ1) is 13.5. The summed E-state index contributed by atoms with van der Waals surface area (Å²) in [5.41, 5.74) is 0.474. The van der Waals surface area contributed by atoms with E-state index in [0.717, 1.165) is 34.7 Å². The molecule has 0 bridgehead atoms.